The molecule has 0 fully saturated rings. The van der Waals surface area contributed by atoms with E-state index in [0.29, 0.717) is 28.6 Å². The summed E-state index contributed by atoms with van der Waals surface area (Å²) >= 11 is 6.05. The molecule has 2 N–H and O–H groups in total. The van der Waals surface area contributed by atoms with E-state index >= 15 is 0 Å². The van der Waals surface area contributed by atoms with Crippen molar-refractivity contribution in [1.29, 1.82) is 0 Å². The van der Waals surface area contributed by atoms with Crippen molar-refractivity contribution in [2.45, 2.75) is 32.8 Å². The molecule has 0 radical (unpaired) electrons. The van der Waals surface area contributed by atoms with Gasteiger partial charge in [0.05, 0.1) is 16.3 Å². The third-order valence-electron chi connectivity index (χ3n) is 3.76. The van der Waals surface area contributed by atoms with Crippen molar-refractivity contribution in [3.05, 3.63) is 59.1 Å². The minimum Gasteiger partial charge on any atom is -0.479 e. The van der Waals surface area contributed by atoms with Gasteiger partial charge in [0.25, 0.3) is 11.8 Å². The first-order valence-corrected chi connectivity index (χ1v) is 9.00. The van der Waals surface area contributed by atoms with Crippen LogP contribution in [-0.4, -0.2) is 24.5 Å². The third-order valence-corrected chi connectivity index (χ3v) is 4.07. The van der Waals surface area contributed by atoms with Crippen LogP contribution in [0.5, 0.6) is 5.75 Å². The summed E-state index contributed by atoms with van der Waals surface area (Å²) in [6.07, 6.45) is 1.13. The predicted molar refractivity (Wildman–Crippen MR) is 104 cm³/mol. The molecule has 2 rings (SSSR count). The van der Waals surface area contributed by atoms with E-state index in [-0.39, 0.29) is 11.8 Å². The first kappa shape index (κ1) is 19.8. The molecule has 6 heteroatoms. The smallest absolute Gasteiger partial charge is 0.265 e. The van der Waals surface area contributed by atoms with E-state index in [9.17, 15) is 9.59 Å². The number of carbonyl (C=O) groups excluding carboxylic acids is 2. The van der Waals surface area contributed by atoms with E-state index in [1.807, 2.05) is 0 Å². The van der Waals surface area contributed by atoms with E-state index in [4.69, 9.17) is 16.3 Å². The quantitative estimate of drug-likeness (QED) is 0.678. The summed E-state index contributed by atoms with van der Waals surface area (Å²) in [7, 11) is 0. The zero-order valence-corrected chi connectivity index (χ0v) is 15.7. The SMILES string of the molecule is CCCCNC(=O)c1ccccc1NC(=O)C(C)Oc1ccccc1Cl. The topological polar surface area (TPSA) is 67.4 Å². The number of halogens is 1. The lowest BCUT2D eigenvalue weighted by atomic mass is 10.1. The van der Waals surface area contributed by atoms with Crippen molar-refractivity contribution in [2.75, 3.05) is 11.9 Å². The van der Waals surface area contributed by atoms with E-state index in [1.165, 1.54) is 0 Å². The van der Waals surface area contributed by atoms with Crippen LogP contribution in [0.15, 0.2) is 48.5 Å². The van der Waals surface area contributed by atoms with E-state index in [0.717, 1.165) is 12.8 Å². The summed E-state index contributed by atoms with van der Waals surface area (Å²) in [6.45, 7) is 4.28. The first-order chi connectivity index (χ1) is 12.5. The highest BCUT2D eigenvalue weighted by molar-refractivity contribution is 6.32. The number of benzene rings is 2. The number of carbonyl (C=O) groups is 2. The van der Waals surface area contributed by atoms with Crippen molar-refractivity contribution in [3.8, 4) is 5.75 Å². The van der Waals surface area contributed by atoms with E-state index in [2.05, 4.69) is 17.6 Å². The highest BCUT2D eigenvalue weighted by atomic mass is 35.5. The van der Waals surface area contributed by atoms with Gasteiger partial charge < -0.3 is 15.4 Å². The van der Waals surface area contributed by atoms with Crippen molar-refractivity contribution >= 4 is 29.1 Å². The lowest BCUT2D eigenvalue weighted by Gasteiger charge is -2.17. The molecule has 26 heavy (non-hydrogen) atoms. The third kappa shape index (κ3) is 5.49. The van der Waals surface area contributed by atoms with Crippen LogP contribution in [0.1, 0.15) is 37.0 Å². The van der Waals surface area contributed by atoms with Crippen LogP contribution in [0.25, 0.3) is 0 Å². The van der Waals surface area contributed by atoms with Gasteiger partial charge in [0.2, 0.25) is 0 Å². The average molecular weight is 375 g/mol. The van der Waals surface area contributed by atoms with Crippen LogP contribution in [0.4, 0.5) is 5.69 Å². The van der Waals surface area contributed by atoms with Crippen molar-refractivity contribution < 1.29 is 14.3 Å². The fraction of sp³-hybridized carbons (Fsp3) is 0.300. The number of unbranched alkanes of at least 4 members (excludes halogenated alkanes) is 1. The largest absolute Gasteiger partial charge is 0.479 e. The second kappa shape index (κ2) is 9.82. The zero-order chi connectivity index (χ0) is 18.9. The lowest BCUT2D eigenvalue weighted by Crippen LogP contribution is -2.32. The second-order valence-electron chi connectivity index (χ2n) is 5.83. The number of anilines is 1. The van der Waals surface area contributed by atoms with E-state index < -0.39 is 6.10 Å². The van der Waals surface area contributed by atoms with Crippen LogP contribution in [0, 0.1) is 0 Å². The molecule has 0 saturated carbocycles. The minimum absolute atomic E-state index is 0.214. The fourth-order valence-electron chi connectivity index (χ4n) is 2.28. The summed E-state index contributed by atoms with van der Waals surface area (Å²) in [5.41, 5.74) is 0.864. The lowest BCUT2D eigenvalue weighted by molar-refractivity contribution is -0.122. The molecule has 0 aliphatic carbocycles. The molecule has 1 unspecified atom stereocenters. The minimum atomic E-state index is -0.772. The maximum absolute atomic E-state index is 12.5. The summed E-state index contributed by atoms with van der Waals surface area (Å²) in [4.78, 5) is 24.8. The summed E-state index contributed by atoms with van der Waals surface area (Å²) in [5.74, 6) is -0.143. The molecule has 1 atom stereocenters. The van der Waals surface area contributed by atoms with Crippen LogP contribution in [0.3, 0.4) is 0 Å². The molecule has 0 aromatic heterocycles. The number of para-hydroxylation sites is 2. The Morgan fingerprint density at radius 1 is 1.12 bits per heavy atom. The molecule has 2 amide bonds. The van der Waals surface area contributed by atoms with Crippen LogP contribution in [0.2, 0.25) is 5.02 Å². The Morgan fingerprint density at radius 3 is 2.54 bits per heavy atom. The van der Waals surface area contributed by atoms with Crippen LogP contribution >= 0.6 is 11.6 Å². The predicted octanol–water partition coefficient (Wildman–Crippen LogP) is 4.28. The Bertz CT molecular complexity index is 764. The maximum Gasteiger partial charge on any atom is 0.265 e. The molecule has 0 saturated heterocycles. The highest BCUT2D eigenvalue weighted by Gasteiger charge is 2.19. The maximum atomic E-state index is 12.5. The van der Waals surface area contributed by atoms with Gasteiger partial charge in [-0.15, -0.1) is 0 Å². The van der Waals surface area contributed by atoms with Crippen molar-refractivity contribution in [3.63, 3.8) is 0 Å². The number of hydrogen-bond donors (Lipinski definition) is 2. The van der Waals surface area contributed by atoms with Gasteiger partial charge in [0, 0.05) is 6.54 Å². The summed E-state index contributed by atoms with van der Waals surface area (Å²) < 4.78 is 5.61. The first-order valence-electron chi connectivity index (χ1n) is 8.62. The van der Waals surface area contributed by atoms with Gasteiger partial charge in [-0.25, -0.2) is 0 Å². The second-order valence-corrected chi connectivity index (χ2v) is 6.24. The molecule has 2 aromatic rings. The fourth-order valence-corrected chi connectivity index (χ4v) is 2.46. The van der Waals surface area contributed by atoms with Gasteiger partial charge in [0.1, 0.15) is 5.75 Å². The molecule has 2 aromatic carbocycles. The van der Waals surface area contributed by atoms with Gasteiger partial charge in [-0.05, 0) is 37.6 Å². The van der Waals surface area contributed by atoms with Gasteiger partial charge >= 0.3 is 0 Å². The average Bonchev–Trinajstić information content (AvgIpc) is 2.64. The highest BCUT2D eigenvalue weighted by Crippen LogP contribution is 2.24. The summed E-state index contributed by atoms with van der Waals surface area (Å²) in [5, 5.41) is 6.04. The molecular formula is C20H23ClN2O3. The number of rotatable bonds is 8. The van der Waals surface area contributed by atoms with E-state index in [1.54, 1.807) is 55.5 Å². The van der Waals surface area contributed by atoms with Gasteiger partial charge in [-0.2, -0.15) is 0 Å². The normalized spacial score (nSPS) is 11.5. The Balaban J connectivity index is 2.04. The standard InChI is InChI=1S/C20H23ClN2O3/c1-3-4-13-22-20(25)15-9-5-7-11-17(15)23-19(24)14(2)26-18-12-8-6-10-16(18)21/h5-12,14H,3-4,13H2,1-2H3,(H,22,25)(H,23,24). The molecule has 0 heterocycles. The van der Waals surface area contributed by atoms with Crippen molar-refractivity contribution in [1.82, 2.24) is 5.32 Å². The van der Waals surface area contributed by atoms with Gasteiger partial charge in [-0.1, -0.05) is 49.2 Å². The number of nitrogens with one attached hydrogen (secondary N) is 2. The molecular weight excluding hydrogens is 352 g/mol. The van der Waals surface area contributed by atoms with Crippen LogP contribution < -0.4 is 15.4 Å². The number of ether oxygens (including phenoxy) is 1. The van der Waals surface area contributed by atoms with Gasteiger partial charge in [-0.3, -0.25) is 9.59 Å². The Kier molecular flexibility index (Phi) is 7.48. The Hall–Kier alpha value is -2.53. The number of amides is 2. The molecule has 138 valence electrons. The molecule has 0 bridgehead atoms. The summed E-state index contributed by atoms with van der Waals surface area (Å²) in [6, 6.07) is 13.8. The molecule has 5 nitrogen and oxygen atoms in total. The van der Waals surface area contributed by atoms with Crippen LogP contribution in [-0.2, 0) is 4.79 Å². The molecule has 0 spiro atoms. The molecule has 0 aliphatic rings. The Morgan fingerprint density at radius 2 is 1.81 bits per heavy atom. The zero-order valence-electron chi connectivity index (χ0n) is 14.9. The Labute approximate surface area is 158 Å². The van der Waals surface area contributed by atoms with Gasteiger partial charge in [0.15, 0.2) is 6.10 Å². The van der Waals surface area contributed by atoms with Crippen molar-refractivity contribution in [2.24, 2.45) is 0 Å². The molecule has 0 aliphatic heterocycles. The number of hydrogen-bond acceptors (Lipinski definition) is 3. The monoisotopic (exact) mass is 374 g/mol.